The van der Waals surface area contributed by atoms with Crippen LogP contribution in [0.2, 0.25) is 0 Å². The molecule has 0 atom stereocenters. The highest BCUT2D eigenvalue weighted by atomic mass is 79.9. The lowest BCUT2D eigenvalue weighted by atomic mass is 10.6. The quantitative estimate of drug-likeness (QED) is 0.639. The standard InChI is InChI=1S/C5H5BrN2O2/c1-8-4(9)3(6)2-7-5(8)10/h2H,1H3,(H,7,10). The summed E-state index contributed by atoms with van der Waals surface area (Å²) in [7, 11) is 1.41. The summed E-state index contributed by atoms with van der Waals surface area (Å²) in [5.74, 6) is 0. The fourth-order valence-corrected chi connectivity index (χ4v) is 0.917. The summed E-state index contributed by atoms with van der Waals surface area (Å²) < 4.78 is 1.35. The number of nitrogens with zero attached hydrogens (tertiary/aromatic N) is 1. The first-order valence-electron chi connectivity index (χ1n) is 2.57. The second-order valence-electron chi connectivity index (χ2n) is 1.81. The number of H-pyrrole nitrogens is 1. The van der Waals surface area contributed by atoms with Crippen LogP contribution in [0.15, 0.2) is 20.3 Å². The van der Waals surface area contributed by atoms with E-state index in [0.717, 1.165) is 4.57 Å². The molecule has 0 spiro atoms. The van der Waals surface area contributed by atoms with E-state index in [0.29, 0.717) is 4.47 Å². The second kappa shape index (κ2) is 2.42. The van der Waals surface area contributed by atoms with E-state index in [1.54, 1.807) is 0 Å². The Labute approximate surface area is 64.6 Å². The molecular weight excluding hydrogens is 200 g/mol. The number of hydrogen-bond acceptors (Lipinski definition) is 2. The first-order chi connectivity index (χ1) is 4.63. The van der Waals surface area contributed by atoms with Crippen molar-refractivity contribution in [2.45, 2.75) is 0 Å². The van der Waals surface area contributed by atoms with E-state index in [2.05, 4.69) is 20.9 Å². The van der Waals surface area contributed by atoms with Gasteiger partial charge in [-0.05, 0) is 15.9 Å². The van der Waals surface area contributed by atoms with Gasteiger partial charge in [-0.2, -0.15) is 0 Å². The zero-order valence-corrected chi connectivity index (χ0v) is 6.81. The van der Waals surface area contributed by atoms with Crippen molar-refractivity contribution in [2.75, 3.05) is 0 Å². The lowest BCUT2D eigenvalue weighted by Gasteiger charge is -1.93. The van der Waals surface area contributed by atoms with Crippen LogP contribution in [0.3, 0.4) is 0 Å². The number of rotatable bonds is 0. The minimum absolute atomic E-state index is 0.330. The summed E-state index contributed by atoms with van der Waals surface area (Å²) in [5, 5.41) is 0. The zero-order chi connectivity index (χ0) is 7.72. The number of hydrogen-bond donors (Lipinski definition) is 1. The molecule has 4 nitrogen and oxygen atoms in total. The first-order valence-corrected chi connectivity index (χ1v) is 3.36. The summed E-state index contributed by atoms with van der Waals surface area (Å²) in [6, 6.07) is 0. The lowest BCUT2D eigenvalue weighted by molar-refractivity contribution is 0.769. The Morgan fingerprint density at radius 3 is 2.70 bits per heavy atom. The van der Waals surface area contributed by atoms with Gasteiger partial charge in [-0.25, -0.2) is 4.79 Å². The molecule has 10 heavy (non-hydrogen) atoms. The topological polar surface area (TPSA) is 54.9 Å². The van der Waals surface area contributed by atoms with Crippen molar-refractivity contribution >= 4 is 15.9 Å². The summed E-state index contributed by atoms with van der Waals surface area (Å²) in [4.78, 5) is 23.9. The molecule has 5 heteroatoms. The predicted molar refractivity (Wildman–Crippen MR) is 40.0 cm³/mol. The van der Waals surface area contributed by atoms with E-state index in [1.807, 2.05) is 0 Å². The van der Waals surface area contributed by atoms with Gasteiger partial charge in [0.2, 0.25) is 0 Å². The van der Waals surface area contributed by atoms with Gasteiger partial charge < -0.3 is 4.98 Å². The molecule has 0 saturated heterocycles. The van der Waals surface area contributed by atoms with Crippen LogP contribution in [0.1, 0.15) is 0 Å². The van der Waals surface area contributed by atoms with Crippen LogP contribution < -0.4 is 11.2 Å². The smallest absolute Gasteiger partial charge is 0.313 e. The van der Waals surface area contributed by atoms with Gasteiger partial charge in [-0.3, -0.25) is 9.36 Å². The fourth-order valence-electron chi connectivity index (χ4n) is 0.536. The Morgan fingerprint density at radius 2 is 2.20 bits per heavy atom. The average Bonchev–Trinajstić information content (AvgIpc) is 1.93. The molecule has 0 radical (unpaired) electrons. The average molecular weight is 205 g/mol. The maximum Gasteiger partial charge on any atom is 0.328 e. The van der Waals surface area contributed by atoms with Crippen molar-refractivity contribution in [2.24, 2.45) is 7.05 Å². The number of nitrogens with one attached hydrogen (secondary N) is 1. The molecule has 0 aliphatic heterocycles. The monoisotopic (exact) mass is 204 g/mol. The van der Waals surface area contributed by atoms with Crippen LogP contribution in [0.4, 0.5) is 0 Å². The van der Waals surface area contributed by atoms with E-state index < -0.39 is 5.69 Å². The highest BCUT2D eigenvalue weighted by Gasteiger charge is 1.97. The molecule has 0 saturated carbocycles. The highest BCUT2D eigenvalue weighted by Crippen LogP contribution is 1.94. The fraction of sp³-hybridized carbons (Fsp3) is 0.200. The number of halogens is 1. The molecule has 1 rings (SSSR count). The van der Waals surface area contributed by atoms with Crippen LogP contribution in [0.5, 0.6) is 0 Å². The third kappa shape index (κ3) is 1.04. The van der Waals surface area contributed by atoms with Gasteiger partial charge in [-0.15, -0.1) is 0 Å². The molecule has 0 amide bonds. The molecule has 54 valence electrons. The number of aromatic nitrogens is 2. The van der Waals surface area contributed by atoms with Gasteiger partial charge in [0.05, 0.1) is 4.47 Å². The molecule has 0 unspecified atom stereocenters. The van der Waals surface area contributed by atoms with Crippen molar-refractivity contribution in [3.63, 3.8) is 0 Å². The molecule has 1 N–H and O–H groups in total. The van der Waals surface area contributed by atoms with Gasteiger partial charge >= 0.3 is 5.69 Å². The Bertz CT molecular complexity index is 351. The SMILES string of the molecule is Cn1c(=O)[nH]cc(Br)c1=O. The van der Waals surface area contributed by atoms with Crippen molar-refractivity contribution in [3.05, 3.63) is 31.5 Å². The molecule has 0 fully saturated rings. The van der Waals surface area contributed by atoms with E-state index in [9.17, 15) is 9.59 Å². The van der Waals surface area contributed by atoms with Crippen LogP contribution in [-0.2, 0) is 7.05 Å². The molecule has 0 aliphatic carbocycles. The Morgan fingerprint density at radius 1 is 1.60 bits per heavy atom. The normalized spacial score (nSPS) is 9.80. The minimum Gasteiger partial charge on any atom is -0.313 e. The Hall–Kier alpha value is -0.840. The van der Waals surface area contributed by atoms with Crippen molar-refractivity contribution in [1.29, 1.82) is 0 Å². The summed E-state index contributed by atoms with van der Waals surface area (Å²) in [6.07, 6.45) is 1.32. The minimum atomic E-state index is -0.409. The van der Waals surface area contributed by atoms with Crippen molar-refractivity contribution in [3.8, 4) is 0 Å². The van der Waals surface area contributed by atoms with Crippen molar-refractivity contribution < 1.29 is 0 Å². The summed E-state index contributed by atoms with van der Waals surface area (Å²) in [5.41, 5.74) is -0.739. The zero-order valence-electron chi connectivity index (χ0n) is 5.22. The van der Waals surface area contributed by atoms with Crippen LogP contribution in [-0.4, -0.2) is 9.55 Å². The van der Waals surface area contributed by atoms with Gasteiger partial charge in [0.1, 0.15) is 0 Å². The third-order valence-corrected chi connectivity index (χ3v) is 1.70. The maximum absolute atomic E-state index is 10.9. The van der Waals surface area contributed by atoms with Gasteiger partial charge in [0.15, 0.2) is 0 Å². The van der Waals surface area contributed by atoms with Crippen LogP contribution in [0.25, 0.3) is 0 Å². The maximum atomic E-state index is 10.9. The van der Waals surface area contributed by atoms with Crippen molar-refractivity contribution in [1.82, 2.24) is 9.55 Å². The van der Waals surface area contributed by atoms with Gasteiger partial charge in [0.25, 0.3) is 5.56 Å². The van der Waals surface area contributed by atoms with Crippen LogP contribution >= 0.6 is 15.9 Å². The van der Waals surface area contributed by atoms with Crippen LogP contribution in [0, 0.1) is 0 Å². The molecule has 0 bridgehead atoms. The molecule has 1 aromatic heterocycles. The molecule has 0 aliphatic rings. The lowest BCUT2D eigenvalue weighted by Crippen LogP contribution is -2.32. The molecule has 1 aromatic rings. The third-order valence-electron chi connectivity index (χ3n) is 1.14. The summed E-state index contributed by atoms with van der Waals surface area (Å²) in [6.45, 7) is 0. The van der Waals surface area contributed by atoms with E-state index in [1.165, 1.54) is 13.2 Å². The Balaban J connectivity index is 3.66. The first kappa shape index (κ1) is 7.27. The van der Waals surface area contributed by atoms with Gasteiger partial charge in [-0.1, -0.05) is 0 Å². The van der Waals surface area contributed by atoms with Gasteiger partial charge in [0, 0.05) is 13.2 Å². The Kier molecular flexibility index (Phi) is 1.76. The van der Waals surface area contributed by atoms with E-state index in [-0.39, 0.29) is 5.56 Å². The second-order valence-corrected chi connectivity index (χ2v) is 2.66. The predicted octanol–water partition coefficient (Wildman–Crippen LogP) is -0.164. The highest BCUT2D eigenvalue weighted by molar-refractivity contribution is 9.10. The largest absolute Gasteiger partial charge is 0.328 e. The molecule has 0 aromatic carbocycles. The molecular formula is C5H5BrN2O2. The summed E-state index contributed by atoms with van der Waals surface area (Å²) >= 11 is 2.98. The molecule has 1 heterocycles. The van der Waals surface area contributed by atoms with E-state index >= 15 is 0 Å². The van der Waals surface area contributed by atoms with E-state index in [4.69, 9.17) is 0 Å². The number of aromatic amines is 1.